The van der Waals surface area contributed by atoms with Gasteiger partial charge >= 0.3 is 0 Å². The molecule has 1 fully saturated rings. The molecule has 4 nitrogen and oxygen atoms in total. The zero-order valence-corrected chi connectivity index (χ0v) is 10.5. The van der Waals surface area contributed by atoms with Gasteiger partial charge in [-0.05, 0) is 31.5 Å². The Morgan fingerprint density at radius 1 is 1.44 bits per heavy atom. The summed E-state index contributed by atoms with van der Waals surface area (Å²) in [6.45, 7) is 0.893. The summed E-state index contributed by atoms with van der Waals surface area (Å²) in [7, 11) is 1.73. The molecule has 1 aromatic rings. The van der Waals surface area contributed by atoms with Crippen molar-refractivity contribution in [2.45, 2.75) is 25.3 Å². The van der Waals surface area contributed by atoms with Crippen molar-refractivity contribution < 1.29 is 4.79 Å². The van der Waals surface area contributed by atoms with Gasteiger partial charge in [0.2, 0.25) is 5.91 Å². The predicted molar refractivity (Wildman–Crippen MR) is 70.2 cm³/mol. The van der Waals surface area contributed by atoms with E-state index in [-0.39, 0.29) is 11.9 Å². The van der Waals surface area contributed by atoms with Crippen LogP contribution in [-0.2, 0) is 4.79 Å². The Balaban J connectivity index is 2.17. The van der Waals surface area contributed by atoms with Crippen LogP contribution in [0.3, 0.4) is 0 Å². The highest BCUT2D eigenvalue weighted by Gasteiger charge is 2.25. The predicted octanol–water partition coefficient (Wildman–Crippen LogP) is 1.66. The first kappa shape index (κ1) is 12.6. The van der Waals surface area contributed by atoms with Gasteiger partial charge in [-0.2, -0.15) is 5.26 Å². The van der Waals surface area contributed by atoms with Gasteiger partial charge in [0.05, 0.1) is 17.3 Å². The topological polar surface area (TPSA) is 56.1 Å². The van der Waals surface area contributed by atoms with Crippen LogP contribution < -0.4 is 10.2 Å². The largest absolute Gasteiger partial charge is 0.313 e. The molecule has 94 valence electrons. The molecule has 0 aromatic heterocycles. The molecule has 0 radical (unpaired) electrons. The maximum atomic E-state index is 12.3. The summed E-state index contributed by atoms with van der Waals surface area (Å²) < 4.78 is 0. The average molecular weight is 243 g/mol. The number of para-hydroxylation sites is 1. The van der Waals surface area contributed by atoms with Crippen molar-refractivity contribution in [3.05, 3.63) is 29.8 Å². The quantitative estimate of drug-likeness (QED) is 0.859. The molecule has 0 saturated carbocycles. The minimum absolute atomic E-state index is 0.0393. The second-order valence-corrected chi connectivity index (χ2v) is 4.53. The van der Waals surface area contributed by atoms with Crippen LogP contribution in [0.5, 0.6) is 0 Å². The van der Waals surface area contributed by atoms with Gasteiger partial charge in [-0.15, -0.1) is 0 Å². The fraction of sp³-hybridized carbons (Fsp3) is 0.429. The number of nitrogens with zero attached hydrogens (tertiary/aromatic N) is 2. The molecule has 1 N–H and O–H groups in total. The zero-order chi connectivity index (χ0) is 13.0. The summed E-state index contributed by atoms with van der Waals surface area (Å²) in [6, 6.07) is 9.19. The van der Waals surface area contributed by atoms with E-state index in [1.807, 2.05) is 6.07 Å². The number of nitrogens with one attached hydrogen (secondary N) is 1. The van der Waals surface area contributed by atoms with Crippen LogP contribution in [0, 0.1) is 11.3 Å². The monoisotopic (exact) mass is 243 g/mol. The summed E-state index contributed by atoms with van der Waals surface area (Å²) in [5, 5.41) is 12.3. The molecule has 2 rings (SSSR count). The Kier molecular flexibility index (Phi) is 3.96. The van der Waals surface area contributed by atoms with Crippen LogP contribution in [0.25, 0.3) is 0 Å². The number of likely N-dealkylation sites (N-methyl/N-ethyl adjacent to an activating group) is 1. The van der Waals surface area contributed by atoms with E-state index in [1.54, 1.807) is 30.1 Å². The Hall–Kier alpha value is -1.86. The van der Waals surface area contributed by atoms with Crippen LogP contribution >= 0.6 is 0 Å². The SMILES string of the molecule is CN(C(=O)[C@@H]1CCCCN1)c1ccccc1C#N. The molecular formula is C14H17N3O. The fourth-order valence-electron chi connectivity index (χ4n) is 2.28. The van der Waals surface area contributed by atoms with E-state index in [4.69, 9.17) is 5.26 Å². The van der Waals surface area contributed by atoms with Gasteiger partial charge in [-0.1, -0.05) is 18.6 Å². The molecule has 0 aliphatic carbocycles. The highest BCUT2D eigenvalue weighted by Crippen LogP contribution is 2.20. The molecule has 1 atom stereocenters. The fourth-order valence-corrected chi connectivity index (χ4v) is 2.28. The van der Waals surface area contributed by atoms with Gasteiger partial charge in [0.1, 0.15) is 6.07 Å². The lowest BCUT2D eigenvalue weighted by Gasteiger charge is -2.27. The van der Waals surface area contributed by atoms with Crippen LogP contribution in [0.1, 0.15) is 24.8 Å². The van der Waals surface area contributed by atoms with E-state index < -0.39 is 0 Å². The van der Waals surface area contributed by atoms with Crippen molar-refractivity contribution in [2.75, 3.05) is 18.5 Å². The number of benzene rings is 1. The van der Waals surface area contributed by atoms with Crippen LogP contribution in [0.4, 0.5) is 5.69 Å². The lowest BCUT2D eigenvalue weighted by molar-refractivity contribution is -0.120. The minimum atomic E-state index is -0.115. The van der Waals surface area contributed by atoms with E-state index in [2.05, 4.69) is 11.4 Å². The van der Waals surface area contributed by atoms with Crippen LogP contribution in [0.15, 0.2) is 24.3 Å². The molecule has 1 amide bonds. The Morgan fingerprint density at radius 3 is 2.89 bits per heavy atom. The molecule has 1 aliphatic rings. The molecule has 18 heavy (non-hydrogen) atoms. The number of amides is 1. The van der Waals surface area contributed by atoms with Crippen molar-refractivity contribution in [3.8, 4) is 6.07 Å². The molecule has 0 bridgehead atoms. The summed E-state index contributed by atoms with van der Waals surface area (Å²) in [5.74, 6) is 0.0393. The van der Waals surface area contributed by atoms with E-state index in [9.17, 15) is 4.79 Å². The minimum Gasteiger partial charge on any atom is -0.313 e. The number of anilines is 1. The van der Waals surface area contributed by atoms with Gasteiger partial charge in [0, 0.05) is 7.05 Å². The highest BCUT2D eigenvalue weighted by molar-refractivity contribution is 5.97. The standard InChI is InChI=1S/C14H17N3O/c1-17(13-8-3-2-6-11(13)10-15)14(18)12-7-4-5-9-16-12/h2-3,6,8,12,16H,4-5,7,9H2,1H3/t12-/m0/s1. The number of carbonyl (C=O) groups is 1. The number of carbonyl (C=O) groups excluding carboxylic acids is 1. The Morgan fingerprint density at radius 2 is 2.22 bits per heavy atom. The first-order valence-corrected chi connectivity index (χ1v) is 6.24. The van der Waals surface area contributed by atoms with Gasteiger partial charge < -0.3 is 10.2 Å². The summed E-state index contributed by atoms with van der Waals surface area (Å²) in [5.41, 5.74) is 1.21. The van der Waals surface area contributed by atoms with Crippen molar-refractivity contribution in [3.63, 3.8) is 0 Å². The van der Waals surface area contributed by atoms with Crippen LogP contribution in [0.2, 0.25) is 0 Å². The van der Waals surface area contributed by atoms with Crippen molar-refractivity contribution in [2.24, 2.45) is 0 Å². The number of piperidine rings is 1. The normalized spacial score (nSPS) is 19.0. The molecule has 0 spiro atoms. The molecule has 1 saturated heterocycles. The zero-order valence-electron chi connectivity index (χ0n) is 10.5. The second-order valence-electron chi connectivity index (χ2n) is 4.53. The maximum Gasteiger partial charge on any atom is 0.243 e. The lowest BCUT2D eigenvalue weighted by Crippen LogP contribution is -2.47. The number of rotatable bonds is 2. The third kappa shape index (κ3) is 2.52. The first-order valence-electron chi connectivity index (χ1n) is 6.24. The van der Waals surface area contributed by atoms with Gasteiger partial charge in [-0.25, -0.2) is 0 Å². The van der Waals surface area contributed by atoms with Gasteiger partial charge in [-0.3, -0.25) is 4.79 Å². The first-order chi connectivity index (χ1) is 8.74. The Labute approximate surface area is 107 Å². The summed E-state index contributed by atoms with van der Waals surface area (Å²) in [4.78, 5) is 13.9. The third-order valence-electron chi connectivity index (χ3n) is 3.32. The molecule has 0 unspecified atom stereocenters. The van der Waals surface area contributed by atoms with E-state index >= 15 is 0 Å². The van der Waals surface area contributed by atoms with Crippen molar-refractivity contribution in [1.82, 2.24) is 5.32 Å². The summed E-state index contributed by atoms with van der Waals surface area (Å²) in [6.07, 6.45) is 3.08. The number of nitriles is 1. The molecule has 4 heteroatoms. The summed E-state index contributed by atoms with van der Waals surface area (Å²) >= 11 is 0. The highest BCUT2D eigenvalue weighted by atomic mass is 16.2. The lowest BCUT2D eigenvalue weighted by atomic mass is 10.0. The molecule has 1 heterocycles. The molecular weight excluding hydrogens is 226 g/mol. The van der Waals surface area contributed by atoms with Gasteiger partial charge in [0.25, 0.3) is 0 Å². The number of hydrogen-bond acceptors (Lipinski definition) is 3. The van der Waals surface area contributed by atoms with Crippen molar-refractivity contribution in [1.29, 1.82) is 5.26 Å². The third-order valence-corrected chi connectivity index (χ3v) is 3.32. The molecule has 1 aliphatic heterocycles. The van der Waals surface area contributed by atoms with E-state index in [1.165, 1.54) is 0 Å². The average Bonchev–Trinajstić information content (AvgIpc) is 2.46. The maximum absolute atomic E-state index is 12.3. The number of hydrogen-bond donors (Lipinski definition) is 1. The molecule has 1 aromatic carbocycles. The second kappa shape index (κ2) is 5.65. The van der Waals surface area contributed by atoms with Crippen molar-refractivity contribution >= 4 is 11.6 Å². The Bertz CT molecular complexity index is 472. The van der Waals surface area contributed by atoms with Gasteiger partial charge in [0.15, 0.2) is 0 Å². The smallest absolute Gasteiger partial charge is 0.243 e. The van der Waals surface area contributed by atoms with E-state index in [0.29, 0.717) is 11.3 Å². The van der Waals surface area contributed by atoms with E-state index in [0.717, 1.165) is 25.8 Å². The van der Waals surface area contributed by atoms with Crippen LogP contribution in [-0.4, -0.2) is 25.5 Å².